The van der Waals surface area contributed by atoms with Gasteiger partial charge < -0.3 is 20.1 Å². The number of rotatable bonds is 6. The Kier molecular flexibility index (Phi) is 8.16. The van der Waals surface area contributed by atoms with Gasteiger partial charge in [0, 0.05) is 60.8 Å². The van der Waals surface area contributed by atoms with E-state index < -0.39 is 23.8 Å². The van der Waals surface area contributed by atoms with E-state index in [1.54, 1.807) is 4.90 Å². The van der Waals surface area contributed by atoms with Gasteiger partial charge >= 0.3 is 0 Å². The normalized spacial score (nSPS) is 22.2. The van der Waals surface area contributed by atoms with E-state index in [9.17, 15) is 23.8 Å². The molecule has 0 bridgehead atoms. The molecule has 3 heterocycles. The summed E-state index contributed by atoms with van der Waals surface area (Å²) in [6.45, 7) is 7.03. The van der Waals surface area contributed by atoms with E-state index in [0.29, 0.717) is 44.6 Å². The number of hydrogen-bond acceptors (Lipinski definition) is 4. The van der Waals surface area contributed by atoms with Gasteiger partial charge in [0.05, 0.1) is 12.2 Å². The lowest BCUT2D eigenvalue weighted by Crippen LogP contribution is -2.48. The minimum atomic E-state index is -0.684. The molecule has 3 aromatic rings. The van der Waals surface area contributed by atoms with Crippen LogP contribution in [0.3, 0.4) is 0 Å². The number of para-hydroxylation sites is 1. The third-order valence-electron chi connectivity index (χ3n) is 8.46. The van der Waals surface area contributed by atoms with Gasteiger partial charge in [-0.25, -0.2) is 8.78 Å². The summed E-state index contributed by atoms with van der Waals surface area (Å²) < 4.78 is 26.7. The molecular formula is C31H37F2N3O3. The van der Waals surface area contributed by atoms with Crippen molar-refractivity contribution in [2.24, 2.45) is 5.92 Å². The van der Waals surface area contributed by atoms with Gasteiger partial charge in [0.25, 0.3) is 0 Å². The van der Waals surface area contributed by atoms with Crippen LogP contribution < -0.4 is 0 Å². The number of amides is 1. The number of aryl methyl sites for hydroxylation is 2. The van der Waals surface area contributed by atoms with Crippen LogP contribution in [0.4, 0.5) is 8.78 Å². The highest BCUT2D eigenvalue weighted by atomic mass is 19.1. The molecule has 3 atom stereocenters. The molecule has 2 aromatic carbocycles. The number of aromatic nitrogens is 1. The Bertz CT molecular complexity index is 1340. The first-order valence-corrected chi connectivity index (χ1v) is 13.8. The van der Waals surface area contributed by atoms with E-state index in [0.717, 1.165) is 30.2 Å². The molecule has 6 nitrogen and oxygen atoms in total. The summed E-state index contributed by atoms with van der Waals surface area (Å²) in [5.41, 5.74) is 4.94. The van der Waals surface area contributed by atoms with Crippen molar-refractivity contribution in [1.82, 2.24) is 14.8 Å². The molecule has 208 valence electrons. The lowest BCUT2D eigenvalue weighted by atomic mass is 9.84. The molecule has 2 fully saturated rings. The number of carbonyl (C=O) groups excluding carboxylic acids is 1. The highest BCUT2D eigenvalue weighted by Crippen LogP contribution is 2.37. The minimum Gasteiger partial charge on any atom is -0.392 e. The Hall–Kier alpha value is -3.07. The second kappa shape index (κ2) is 11.6. The SMILES string of the molecule is Cc1[nH]c2c(C)cccc2c1[C@@H]1CCN(CC(O)C2CCN(C(=O)/C=C/c3cc(F)cc(F)c3)CC2)CC1O. The Morgan fingerprint density at radius 2 is 1.82 bits per heavy atom. The molecule has 0 aliphatic carbocycles. The van der Waals surface area contributed by atoms with E-state index in [1.165, 1.54) is 40.8 Å². The number of fused-ring (bicyclic) bond motifs is 1. The summed E-state index contributed by atoms with van der Waals surface area (Å²) in [5.74, 6) is -1.45. The van der Waals surface area contributed by atoms with E-state index >= 15 is 0 Å². The van der Waals surface area contributed by atoms with E-state index in [-0.39, 0.29) is 17.7 Å². The summed E-state index contributed by atoms with van der Waals surface area (Å²) >= 11 is 0. The van der Waals surface area contributed by atoms with Gasteiger partial charge in [0.15, 0.2) is 0 Å². The van der Waals surface area contributed by atoms with Crippen molar-refractivity contribution in [2.75, 3.05) is 32.7 Å². The second-order valence-electron chi connectivity index (χ2n) is 11.1. The summed E-state index contributed by atoms with van der Waals surface area (Å²) in [7, 11) is 0. The molecule has 0 radical (unpaired) electrons. The number of piperidine rings is 2. The molecular weight excluding hydrogens is 500 g/mol. The van der Waals surface area contributed by atoms with Crippen molar-refractivity contribution in [3.63, 3.8) is 0 Å². The van der Waals surface area contributed by atoms with Gasteiger partial charge in [0.1, 0.15) is 11.6 Å². The molecule has 2 aliphatic rings. The highest BCUT2D eigenvalue weighted by Gasteiger charge is 2.34. The molecule has 1 aromatic heterocycles. The maximum Gasteiger partial charge on any atom is 0.246 e. The molecule has 0 spiro atoms. The largest absolute Gasteiger partial charge is 0.392 e. The number of hydrogen-bond donors (Lipinski definition) is 3. The monoisotopic (exact) mass is 537 g/mol. The Morgan fingerprint density at radius 1 is 1.10 bits per heavy atom. The molecule has 8 heteroatoms. The quantitative estimate of drug-likeness (QED) is 0.404. The van der Waals surface area contributed by atoms with Gasteiger partial charge in [-0.1, -0.05) is 18.2 Å². The fourth-order valence-electron chi connectivity index (χ4n) is 6.36. The average molecular weight is 538 g/mol. The number of nitrogens with one attached hydrogen (secondary N) is 1. The predicted molar refractivity (Wildman–Crippen MR) is 148 cm³/mol. The molecule has 3 N–H and O–H groups in total. The lowest BCUT2D eigenvalue weighted by Gasteiger charge is -2.39. The zero-order valence-corrected chi connectivity index (χ0v) is 22.5. The van der Waals surface area contributed by atoms with Gasteiger partial charge in [-0.15, -0.1) is 0 Å². The Labute approximate surface area is 227 Å². The number of aliphatic hydroxyl groups is 2. The van der Waals surface area contributed by atoms with E-state index in [2.05, 4.69) is 41.9 Å². The van der Waals surface area contributed by atoms with Crippen molar-refractivity contribution >= 4 is 22.9 Å². The zero-order chi connectivity index (χ0) is 27.7. The molecule has 2 aliphatic heterocycles. The minimum absolute atomic E-state index is 0.0557. The Balaban J connectivity index is 1.12. The number of aromatic amines is 1. The summed E-state index contributed by atoms with van der Waals surface area (Å²) in [4.78, 5) is 19.9. The van der Waals surface area contributed by atoms with Crippen LogP contribution in [-0.2, 0) is 4.79 Å². The number of aliphatic hydroxyl groups excluding tert-OH is 2. The van der Waals surface area contributed by atoms with Crippen LogP contribution in [0.5, 0.6) is 0 Å². The standard InChI is InChI=1S/C31H37F2N3O3/c1-19-4-3-5-26-30(20(2)34-31(19)26)25-10-11-35(18-28(25)38)17-27(37)22-8-12-36(13-9-22)29(39)7-6-21-14-23(32)16-24(33)15-21/h3-7,14-16,22,25,27-28,34,37-38H,8-13,17-18H2,1-2H3/b7-6+/t25-,27?,28?/m1/s1. The molecule has 1 amide bonds. The maximum atomic E-state index is 13.4. The highest BCUT2D eigenvalue weighted by molar-refractivity contribution is 5.91. The molecule has 39 heavy (non-hydrogen) atoms. The first-order valence-electron chi connectivity index (χ1n) is 13.8. The summed E-state index contributed by atoms with van der Waals surface area (Å²) in [6, 6.07) is 9.43. The van der Waals surface area contributed by atoms with Crippen LogP contribution in [-0.4, -0.2) is 75.8 Å². The molecule has 2 saturated heterocycles. The van der Waals surface area contributed by atoms with Crippen molar-refractivity contribution in [1.29, 1.82) is 0 Å². The molecule has 2 unspecified atom stereocenters. The second-order valence-corrected chi connectivity index (χ2v) is 11.1. The fraction of sp³-hybridized carbons (Fsp3) is 0.452. The first kappa shape index (κ1) is 27.5. The smallest absolute Gasteiger partial charge is 0.246 e. The number of nitrogens with zero attached hydrogens (tertiary/aromatic N) is 2. The maximum absolute atomic E-state index is 13.4. The van der Waals surface area contributed by atoms with E-state index in [4.69, 9.17) is 0 Å². The van der Waals surface area contributed by atoms with Crippen molar-refractivity contribution in [3.05, 3.63) is 76.5 Å². The predicted octanol–water partition coefficient (Wildman–Crippen LogP) is 4.53. The Morgan fingerprint density at radius 3 is 2.51 bits per heavy atom. The van der Waals surface area contributed by atoms with Crippen LogP contribution in [0.15, 0.2) is 42.5 Å². The van der Waals surface area contributed by atoms with Crippen molar-refractivity contribution in [3.8, 4) is 0 Å². The third kappa shape index (κ3) is 6.08. The molecule has 5 rings (SSSR count). The number of halogens is 2. The number of β-amino-alcohol motifs (C(OH)–C–C–N with tert-alkyl or cyclic N) is 2. The fourth-order valence-corrected chi connectivity index (χ4v) is 6.36. The van der Waals surface area contributed by atoms with Crippen LogP contribution in [0, 0.1) is 31.4 Å². The number of benzene rings is 2. The lowest BCUT2D eigenvalue weighted by molar-refractivity contribution is -0.128. The number of likely N-dealkylation sites (tertiary alicyclic amines) is 2. The molecule has 0 saturated carbocycles. The average Bonchev–Trinajstić information content (AvgIpc) is 3.24. The van der Waals surface area contributed by atoms with Crippen LogP contribution in [0.25, 0.3) is 17.0 Å². The van der Waals surface area contributed by atoms with Crippen LogP contribution >= 0.6 is 0 Å². The topological polar surface area (TPSA) is 79.8 Å². The number of carbonyl (C=O) groups is 1. The van der Waals surface area contributed by atoms with E-state index in [1.807, 2.05) is 0 Å². The number of H-pyrrole nitrogens is 1. The van der Waals surface area contributed by atoms with Crippen LogP contribution in [0.1, 0.15) is 47.6 Å². The van der Waals surface area contributed by atoms with Crippen LogP contribution in [0.2, 0.25) is 0 Å². The summed E-state index contributed by atoms with van der Waals surface area (Å²) in [6.07, 6.45) is 3.90. The van der Waals surface area contributed by atoms with Gasteiger partial charge in [-0.2, -0.15) is 0 Å². The van der Waals surface area contributed by atoms with Gasteiger partial charge in [-0.05, 0) is 80.5 Å². The zero-order valence-electron chi connectivity index (χ0n) is 22.5. The van der Waals surface area contributed by atoms with Gasteiger partial charge in [0.2, 0.25) is 5.91 Å². The van der Waals surface area contributed by atoms with Gasteiger partial charge in [-0.3, -0.25) is 9.69 Å². The summed E-state index contributed by atoms with van der Waals surface area (Å²) in [5, 5.41) is 23.3. The van der Waals surface area contributed by atoms with Crippen molar-refractivity contribution in [2.45, 2.75) is 51.2 Å². The third-order valence-corrected chi connectivity index (χ3v) is 8.46. The first-order chi connectivity index (χ1) is 18.7. The van der Waals surface area contributed by atoms with Crippen molar-refractivity contribution < 1.29 is 23.8 Å².